The summed E-state index contributed by atoms with van der Waals surface area (Å²) in [6, 6.07) is 4.17. The first kappa shape index (κ1) is 27.3. The molecule has 2 atom stereocenters. The van der Waals surface area contributed by atoms with Crippen LogP contribution in [0.5, 0.6) is 0 Å². The number of unbranched alkanes of at least 4 members (excludes halogenated alkanes) is 3. The lowest BCUT2D eigenvalue weighted by atomic mass is 9.94. The van der Waals surface area contributed by atoms with E-state index in [1.807, 2.05) is 32.0 Å². The average Bonchev–Trinajstić information content (AvgIpc) is 2.79. The highest BCUT2D eigenvalue weighted by Crippen LogP contribution is 2.22. The standard InChI is InChI=1S/C24H36N4O6/c1-15(2)11-20(24(32)33)27-23(31)19-13-16-9-10-18(12-17(16)14-25-19)26-21(29)7-5-3-4-6-8-22(30)28-34/h9-10,12,15,19-20,25,34H,3-8,11,13-14H2,1-2H3,(H,26,29)(H,27,31)(H,28,30)(H,32,33)/t19-,20-/m0/s1. The third-order valence-electron chi connectivity index (χ3n) is 5.77. The van der Waals surface area contributed by atoms with Crippen LogP contribution in [0.15, 0.2) is 18.2 Å². The SMILES string of the molecule is CC(C)C[C@H](NC(=O)[C@@H]1Cc2ccc(NC(=O)CCCCCCC(=O)NO)cc2CN1)C(=O)O. The average molecular weight is 477 g/mol. The molecule has 0 saturated carbocycles. The van der Waals surface area contributed by atoms with Gasteiger partial charge in [0.15, 0.2) is 0 Å². The van der Waals surface area contributed by atoms with Gasteiger partial charge < -0.3 is 21.1 Å². The van der Waals surface area contributed by atoms with Crippen molar-refractivity contribution in [1.82, 2.24) is 16.1 Å². The third kappa shape index (κ3) is 9.11. The fraction of sp³-hybridized carbons (Fsp3) is 0.583. The summed E-state index contributed by atoms with van der Waals surface area (Å²) in [5.74, 6) is -1.70. The predicted octanol–water partition coefficient (Wildman–Crippen LogP) is 2.10. The van der Waals surface area contributed by atoms with Crippen LogP contribution in [0.1, 0.15) is 69.9 Å². The Bertz CT molecular complexity index is 873. The summed E-state index contributed by atoms with van der Waals surface area (Å²) in [7, 11) is 0. The van der Waals surface area contributed by atoms with E-state index in [1.54, 1.807) is 5.48 Å². The number of hydroxylamine groups is 1. The minimum Gasteiger partial charge on any atom is -0.480 e. The topological polar surface area (TPSA) is 157 Å². The van der Waals surface area contributed by atoms with E-state index >= 15 is 0 Å². The van der Waals surface area contributed by atoms with Crippen molar-refractivity contribution >= 4 is 29.4 Å². The second-order valence-corrected chi connectivity index (χ2v) is 9.15. The molecule has 0 radical (unpaired) electrons. The van der Waals surface area contributed by atoms with E-state index in [-0.39, 0.29) is 24.2 Å². The van der Waals surface area contributed by atoms with Crippen LogP contribution in [0.2, 0.25) is 0 Å². The molecule has 10 nitrogen and oxygen atoms in total. The van der Waals surface area contributed by atoms with Crippen molar-refractivity contribution in [3.8, 4) is 0 Å². The number of rotatable bonds is 13. The molecule has 0 aliphatic carbocycles. The highest BCUT2D eigenvalue weighted by atomic mass is 16.5. The van der Waals surface area contributed by atoms with Crippen molar-refractivity contribution in [2.75, 3.05) is 5.32 Å². The van der Waals surface area contributed by atoms with E-state index in [9.17, 15) is 24.3 Å². The number of hydrogen-bond donors (Lipinski definition) is 6. The number of benzene rings is 1. The van der Waals surface area contributed by atoms with Crippen LogP contribution in [0.4, 0.5) is 5.69 Å². The Labute approximate surface area is 199 Å². The third-order valence-corrected chi connectivity index (χ3v) is 5.77. The summed E-state index contributed by atoms with van der Waals surface area (Å²) in [6.07, 6.45) is 4.47. The Kier molecular flexibility index (Phi) is 11.0. The van der Waals surface area contributed by atoms with Crippen molar-refractivity contribution < 1.29 is 29.5 Å². The molecule has 0 unspecified atom stereocenters. The number of aliphatic carboxylic acids is 1. The van der Waals surface area contributed by atoms with E-state index in [1.165, 1.54) is 0 Å². The summed E-state index contributed by atoms with van der Waals surface area (Å²) in [6.45, 7) is 4.27. The second kappa shape index (κ2) is 13.7. The fourth-order valence-corrected chi connectivity index (χ4v) is 3.95. The van der Waals surface area contributed by atoms with Gasteiger partial charge in [-0.1, -0.05) is 32.8 Å². The Hall–Kier alpha value is -2.98. The van der Waals surface area contributed by atoms with Gasteiger partial charge in [0.25, 0.3) is 0 Å². The second-order valence-electron chi connectivity index (χ2n) is 9.15. The molecule has 1 aliphatic heterocycles. The van der Waals surface area contributed by atoms with Gasteiger partial charge in [-0.05, 0) is 54.9 Å². The van der Waals surface area contributed by atoms with Gasteiger partial charge in [-0.15, -0.1) is 0 Å². The molecule has 6 N–H and O–H groups in total. The maximum atomic E-state index is 12.6. The Morgan fingerprint density at radius 1 is 1.03 bits per heavy atom. The number of carboxylic acid groups (broad SMARTS) is 1. The molecule has 10 heteroatoms. The van der Waals surface area contributed by atoms with E-state index in [2.05, 4.69) is 16.0 Å². The van der Waals surface area contributed by atoms with Gasteiger partial charge in [-0.25, -0.2) is 10.3 Å². The maximum absolute atomic E-state index is 12.6. The quantitative estimate of drug-likeness (QED) is 0.145. The summed E-state index contributed by atoms with van der Waals surface area (Å²) < 4.78 is 0. The van der Waals surface area contributed by atoms with Crippen LogP contribution in [0, 0.1) is 5.92 Å². The molecule has 0 saturated heterocycles. The number of amides is 3. The first-order chi connectivity index (χ1) is 16.2. The number of anilines is 1. The molecule has 1 aromatic carbocycles. The molecule has 188 valence electrons. The monoisotopic (exact) mass is 476 g/mol. The van der Waals surface area contributed by atoms with Crippen LogP contribution in [-0.2, 0) is 32.1 Å². The summed E-state index contributed by atoms with van der Waals surface area (Å²) in [4.78, 5) is 47.2. The van der Waals surface area contributed by atoms with Crippen LogP contribution in [-0.4, -0.2) is 46.1 Å². The van der Waals surface area contributed by atoms with Gasteiger partial charge in [0.2, 0.25) is 17.7 Å². The van der Waals surface area contributed by atoms with Gasteiger partial charge in [0.1, 0.15) is 6.04 Å². The normalized spacial score (nSPS) is 15.8. The number of nitrogens with one attached hydrogen (secondary N) is 4. The molecule has 0 spiro atoms. The van der Waals surface area contributed by atoms with Crippen molar-refractivity contribution in [3.63, 3.8) is 0 Å². The minimum absolute atomic E-state index is 0.0843. The Morgan fingerprint density at radius 3 is 2.32 bits per heavy atom. The first-order valence-corrected chi connectivity index (χ1v) is 11.8. The van der Waals surface area contributed by atoms with Gasteiger partial charge in [0, 0.05) is 25.1 Å². The molecule has 1 heterocycles. The van der Waals surface area contributed by atoms with Crippen molar-refractivity contribution in [2.24, 2.45) is 5.92 Å². The summed E-state index contributed by atoms with van der Waals surface area (Å²) in [5, 5.41) is 26.5. The van der Waals surface area contributed by atoms with E-state index < -0.39 is 24.0 Å². The molecule has 2 rings (SSSR count). The Morgan fingerprint density at radius 2 is 1.71 bits per heavy atom. The van der Waals surface area contributed by atoms with Crippen molar-refractivity contribution in [1.29, 1.82) is 0 Å². The fourth-order valence-electron chi connectivity index (χ4n) is 3.95. The van der Waals surface area contributed by atoms with Crippen molar-refractivity contribution in [3.05, 3.63) is 29.3 Å². The lowest BCUT2D eigenvalue weighted by Gasteiger charge is -2.27. The van der Waals surface area contributed by atoms with Crippen LogP contribution in [0.3, 0.4) is 0 Å². The lowest BCUT2D eigenvalue weighted by Crippen LogP contribution is -2.52. The smallest absolute Gasteiger partial charge is 0.326 e. The zero-order chi connectivity index (χ0) is 25.1. The highest BCUT2D eigenvalue weighted by molar-refractivity contribution is 5.91. The van der Waals surface area contributed by atoms with Crippen molar-refractivity contribution in [2.45, 2.75) is 83.8 Å². The number of fused-ring (bicyclic) bond motifs is 1. The Balaban J connectivity index is 1.80. The molecular weight excluding hydrogens is 440 g/mol. The van der Waals surface area contributed by atoms with E-state index in [0.717, 1.165) is 24.0 Å². The molecule has 1 aliphatic rings. The molecule has 0 aromatic heterocycles. The van der Waals surface area contributed by atoms with Gasteiger partial charge in [-0.2, -0.15) is 0 Å². The summed E-state index contributed by atoms with van der Waals surface area (Å²) >= 11 is 0. The molecule has 34 heavy (non-hydrogen) atoms. The number of carbonyl (C=O) groups is 4. The predicted molar refractivity (Wildman–Crippen MR) is 126 cm³/mol. The number of carboxylic acids is 1. The largest absolute Gasteiger partial charge is 0.480 e. The first-order valence-electron chi connectivity index (χ1n) is 11.8. The minimum atomic E-state index is -1.03. The van der Waals surface area contributed by atoms with Crippen LogP contribution >= 0.6 is 0 Å². The van der Waals surface area contributed by atoms with E-state index in [0.29, 0.717) is 44.3 Å². The maximum Gasteiger partial charge on any atom is 0.326 e. The molecule has 3 amide bonds. The van der Waals surface area contributed by atoms with Crippen LogP contribution < -0.4 is 21.4 Å². The highest BCUT2D eigenvalue weighted by Gasteiger charge is 2.28. The zero-order valence-corrected chi connectivity index (χ0v) is 19.9. The number of hydrogen-bond acceptors (Lipinski definition) is 6. The van der Waals surface area contributed by atoms with Gasteiger partial charge in [-0.3, -0.25) is 19.6 Å². The summed E-state index contributed by atoms with van der Waals surface area (Å²) in [5.41, 5.74) is 4.26. The van der Waals surface area contributed by atoms with Gasteiger partial charge in [0.05, 0.1) is 6.04 Å². The number of carbonyl (C=O) groups excluding carboxylic acids is 3. The zero-order valence-electron chi connectivity index (χ0n) is 19.9. The molecule has 0 bridgehead atoms. The molecule has 1 aromatic rings. The van der Waals surface area contributed by atoms with Crippen LogP contribution in [0.25, 0.3) is 0 Å². The molecular formula is C24H36N4O6. The lowest BCUT2D eigenvalue weighted by molar-refractivity contribution is -0.142. The van der Waals surface area contributed by atoms with E-state index in [4.69, 9.17) is 5.21 Å². The molecule has 0 fully saturated rings. The van der Waals surface area contributed by atoms with Gasteiger partial charge >= 0.3 is 5.97 Å².